The van der Waals surface area contributed by atoms with Gasteiger partial charge < -0.3 is 25.6 Å². The van der Waals surface area contributed by atoms with E-state index in [1.54, 1.807) is 6.33 Å². The topological polar surface area (TPSA) is 82.8 Å². The van der Waals surface area contributed by atoms with Crippen molar-refractivity contribution in [3.8, 4) is 0 Å². The van der Waals surface area contributed by atoms with Crippen LogP contribution in [0.1, 0.15) is 6.42 Å². The predicted molar refractivity (Wildman–Crippen MR) is 123 cm³/mol. The van der Waals surface area contributed by atoms with Crippen LogP contribution in [0.2, 0.25) is 5.02 Å². The molecule has 0 spiro atoms. The van der Waals surface area contributed by atoms with Gasteiger partial charge in [-0.15, -0.1) is 0 Å². The molecule has 3 N–H and O–H groups in total. The third-order valence-electron chi connectivity index (χ3n) is 5.66. The summed E-state index contributed by atoms with van der Waals surface area (Å²) in [5, 5.41) is 4.15. The minimum Gasteiger partial charge on any atom is -0.393 e. The molecule has 2 aliphatic heterocycles. The summed E-state index contributed by atoms with van der Waals surface area (Å²) in [6, 6.07) is 8.00. The standard InChI is InChI=1S/C21H30ClN7O/c22-17-3-1-4-18(15-17)28-7-9-29(10-8-28)21-19(23)20(25-16-26-21)24-5-2-6-27-11-13-30-14-12-27/h1,3-4,15-16H,2,5-14,23H2,(H,24,25,26). The zero-order valence-electron chi connectivity index (χ0n) is 17.3. The van der Waals surface area contributed by atoms with Crippen LogP contribution >= 0.6 is 11.6 Å². The zero-order valence-corrected chi connectivity index (χ0v) is 18.0. The summed E-state index contributed by atoms with van der Waals surface area (Å²) in [6.45, 7) is 9.08. The van der Waals surface area contributed by atoms with Gasteiger partial charge in [0.25, 0.3) is 0 Å². The van der Waals surface area contributed by atoms with E-state index in [1.165, 1.54) is 0 Å². The Morgan fingerprint density at radius 1 is 1.03 bits per heavy atom. The van der Waals surface area contributed by atoms with Gasteiger partial charge >= 0.3 is 0 Å². The maximum atomic E-state index is 6.42. The lowest BCUT2D eigenvalue weighted by Crippen LogP contribution is -2.47. The molecule has 0 aliphatic carbocycles. The Morgan fingerprint density at radius 3 is 2.57 bits per heavy atom. The Bertz CT molecular complexity index is 823. The molecule has 0 unspecified atom stereocenters. The molecule has 9 heteroatoms. The van der Waals surface area contributed by atoms with Gasteiger partial charge in [-0.3, -0.25) is 4.90 Å². The van der Waals surface area contributed by atoms with Gasteiger partial charge in [-0.1, -0.05) is 17.7 Å². The predicted octanol–water partition coefficient (Wildman–Crippen LogP) is 2.17. The monoisotopic (exact) mass is 431 g/mol. The molecule has 4 rings (SSSR count). The first-order valence-corrected chi connectivity index (χ1v) is 11.0. The fourth-order valence-corrected chi connectivity index (χ4v) is 4.15. The van der Waals surface area contributed by atoms with E-state index in [0.29, 0.717) is 5.69 Å². The van der Waals surface area contributed by atoms with E-state index in [0.717, 1.165) is 94.3 Å². The molecule has 2 fully saturated rings. The van der Waals surface area contributed by atoms with Crippen molar-refractivity contribution in [1.82, 2.24) is 14.9 Å². The van der Waals surface area contributed by atoms with E-state index in [2.05, 4.69) is 36.1 Å². The molecule has 3 heterocycles. The van der Waals surface area contributed by atoms with Gasteiger partial charge in [0, 0.05) is 56.5 Å². The SMILES string of the molecule is Nc1c(NCCCN2CCOCC2)ncnc1N1CCN(c2cccc(Cl)c2)CC1. The number of anilines is 4. The number of benzene rings is 1. The highest BCUT2D eigenvalue weighted by Crippen LogP contribution is 2.28. The van der Waals surface area contributed by atoms with Gasteiger partial charge in [0.15, 0.2) is 11.6 Å². The molecule has 0 atom stereocenters. The van der Waals surface area contributed by atoms with Crippen LogP contribution in [0.15, 0.2) is 30.6 Å². The number of hydrogen-bond donors (Lipinski definition) is 2. The average Bonchev–Trinajstić information content (AvgIpc) is 2.79. The van der Waals surface area contributed by atoms with Crippen LogP contribution in [0.3, 0.4) is 0 Å². The molecular formula is C21H30ClN7O. The minimum atomic E-state index is 0.625. The van der Waals surface area contributed by atoms with Crippen LogP contribution in [0.4, 0.5) is 23.0 Å². The summed E-state index contributed by atoms with van der Waals surface area (Å²) < 4.78 is 5.39. The third kappa shape index (κ3) is 5.24. The Hall–Kier alpha value is -2.29. The second-order valence-corrected chi connectivity index (χ2v) is 8.08. The number of halogens is 1. The van der Waals surface area contributed by atoms with Crippen LogP contribution < -0.4 is 20.9 Å². The highest BCUT2D eigenvalue weighted by atomic mass is 35.5. The van der Waals surface area contributed by atoms with Crippen LogP contribution in [0.25, 0.3) is 0 Å². The summed E-state index contributed by atoms with van der Waals surface area (Å²) in [6.07, 6.45) is 2.64. The highest BCUT2D eigenvalue weighted by Gasteiger charge is 2.21. The summed E-state index contributed by atoms with van der Waals surface area (Å²) >= 11 is 6.14. The second-order valence-electron chi connectivity index (χ2n) is 7.65. The van der Waals surface area contributed by atoms with Crippen molar-refractivity contribution in [2.75, 3.05) is 86.4 Å². The summed E-state index contributed by atoms with van der Waals surface area (Å²) in [7, 11) is 0. The Kier molecular flexibility index (Phi) is 7.09. The molecule has 1 aromatic carbocycles. The molecule has 0 saturated carbocycles. The fourth-order valence-electron chi connectivity index (χ4n) is 3.96. The fraction of sp³-hybridized carbons (Fsp3) is 0.524. The smallest absolute Gasteiger partial charge is 0.157 e. The number of rotatable bonds is 7. The molecule has 0 bridgehead atoms. The number of nitrogens with one attached hydrogen (secondary N) is 1. The van der Waals surface area contributed by atoms with Crippen molar-refractivity contribution < 1.29 is 4.74 Å². The molecule has 2 aromatic rings. The molecule has 162 valence electrons. The number of nitrogen functional groups attached to an aromatic ring is 1. The van der Waals surface area contributed by atoms with E-state index in [4.69, 9.17) is 22.1 Å². The van der Waals surface area contributed by atoms with Crippen molar-refractivity contribution in [1.29, 1.82) is 0 Å². The van der Waals surface area contributed by atoms with E-state index >= 15 is 0 Å². The van der Waals surface area contributed by atoms with Crippen molar-refractivity contribution >= 4 is 34.6 Å². The summed E-state index contributed by atoms with van der Waals surface area (Å²) in [5.41, 5.74) is 8.20. The molecule has 8 nitrogen and oxygen atoms in total. The molecule has 2 aliphatic rings. The van der Waals surface area contributed by atoms with Gasteiger partial charge in [-0.2, -0.15) is 0 Å². The van der Waals surface area contributed by atoms with Crippen LogP contribution in [0, 0.1) is 0 Å². The Balaban J connectivity index is 1.29. The number of nitrogens with zero attached hydrogens (tertiary/aromatic N) is 5. The summed E-state index contributed by atoms with van der Waals surface area (Å²) in [5.74, 6) is 1.53. The number of ether oxygens (including phenoxy) is 1. The third-order valence-corrected chi connectivity index (χ3v) is 5.90. The lowest BCUT2D eigenvalue weighted by molar-refractivity contribution is 0.0378. The van der Waals surface area contributed by atoms with Gasteiger partial charge in [-0.05, 0) is 31.2 Å². The lowest BCUT2D eigenvalue weighted by Gasteiger charge is -2.37. The van der Waals surface area contributed by atoms with Gasteiger partial charge in [-0.25, -0.2) is 9.97 Å². The van der Waals surface area contributed by atoms with Crippen LogP contribution in [0.5, 0.6) is 0 Å². The second kappa shape index (κ2) is 10.1. The zero-order chi connectivity index (χ0) is 20.8. The van der Waals surface area contributed by atoms with Crippen LogP contribution in [-0.2, 0) is 4.74 Å². The maximum absolute atomic E-state index is 6.42. The number of aromatic nitrogens is 2. The quantitative estimate of drug-likeness (QED) is 0.645. The normalized spacial score (nSPS) is 17.9. The lowest BCUT2D eigenvalue weighted by atomic mass is 10.2. The van der Waals surface area contributed by atoms with E-state index < -0.39 is 0 Å². The Labute approximate surface area is 183 Å². The van der Waals surface area contributed by atoms with Crippen molar-refractivity contribution in [3.05, 3.63) is 35.6 Å². The van der Waals surface area contributed by atoms with Crippen molar-refractivity contribution in [2.45, 2.75) is 6.42 Å². The van der Waals surface area contributed by atoms with E-state index in [-0.39, 0.29) is 0 Å². The first kappa shape index (κ1) is 21.0. The van der Waals surface area contributed by atoms with Crippen molar-refractivity contribution in [3.63, 3.8) is 0 Å². The van der Waals surface area contributed by atoms with E-state index in [1.807, 2.05) is 18.2 Å². The first-order chi connectivity index (χ1) is 14.7. The molecular weight excluding hydrogens is 402 g/mol. The molecule has 1 aromatic heterocycles. The summed E-state index contributed by atoms with van der Waals surface area (Å²) in [4.78, 5) is 15.8. The maximum Gasteiger partial charge on any atom is 0.157 e. The van der Waals surface area contributed by atoms with Gasteiger partial charge in [0.05, 0.1) is 13.2 Å². The number of morpholine rings is 1. The number of piperazine rings is 1. The molecule has 0 amide bonds. The largest absolute Gasteiger partial charge is 0.393 e. The number of nitrogens with two attached hydrogens (primary N) is 1. The van der Waals surface area contributed by atoms with Crippen molar-refractivity contribution in [2.24, 2.45) is 0 Å². The van der Waals surface area contributed by atoms with Gasteiger partial charge in [0.2, 0.25) is 0 Å². The Morgan fingerprint density at radius 2 is 1.80 bits per heavy atom. The molecule has 0 radical (unpaired) electrons. The van der Waals surface area contributed by atoms with E-state index in [9.17, 15) is 0 Å². The average molecular weight is 432 g/mol. The molecule has 2 saturated heterocycles. The first-order valence-electron chi connectivity index (χ1n) is 10.6. The van der Waals surface area contributed by atoms with Gasteiger partial charge in [0.1, 0.15) is 12.0 Å². The minimum absolute atomic E-state index is 0.625. The number of hydrogen-bond acceptors (Lipinski definition) is 8. The highest BCUT2D eigenvalue weighted by molar-refractivity contribution is 6.30. The van der Waals surface area contributed by atoms with Crippen LogP contribution in [-0.4, -0.2) is 80.4 Å². The molecule has 30 heavy (non-hydrogen) atoms.